The third kappa shape index (κ3) is 3.43. The highest BCUT2D eigenvalue weighted by Gasteiger charge is 2.37. The summed E-state index contributed by atoms with van der Waals surface area (Å²) < 4.78 is 5.08. The van der Waals surface area contributed by atoms with Crippen molar-refractivity contribution in [2.45, 2.75) is 45.3 Å². The van der Waals surface area contributed by atoms with Gasteiger partial charge in [-0.05, 0) is 26.7 Å². The van der Waals surface area contributed by atoms with Gasteiger partial charge in [-0.3, -0.25) is 9.59 Å². The average molecular weight is 243 g/mol. The third-order valence-electron chi connectivity index (χ3n) is 3.56. The summed E-state index contributed by atoms with van der Waals surface area (Å²) in [5.74, 6) is -1.19. The van der Waals surface area contributed by atoms with Crippen molar-refractivity contribution in [2.24, 2.45) is 5.92 Å². The lowest BCUT2D eigenvalue weighted by atomic mass is 10.0. The number of carboxylic acids is 1. The number of aliphatic carboxylic acids is 1. The first-order chi connectivity index (χ1) is 7.97. The minimum Gasteiger partial charge on any atom is -0.481 e. The van der Waals surface area contributed by atoms with Crippen LogP contribution in [0.5, 0.6) is 0 Å². The summed E-state index contributed by atoms with van der Waals surface area (Å²) >= 11 is 0. The van der Waals surface area contributed by atoms with Crippen molar-refractivity contribution in [3.63, 3.8) is 0 Å². The Balaban J connectivity index is 2.46. The van der Waals surface area contributed by atoms with E-state index in [4.69, 9.17) is 9.84 Å². The fraction of sp³-hybridized carbons (Fsp3) is 0.833. The molecule has 3 unspecified atom stereocenters. The Labute approximate surface area is 102 Å². The highest BCUT2D eigenvalue weighted by molar-refractivity contribution is 5.79. The van der Waals surface area contributed by atoms with Crippen LogP contribution in [0.2, 0.25) is 0 Å². The molecule has 1 amide bonds. The van der Waals surface area contributed by atoms with Crippen molar-refractivity contribution in [3.8, 4) is 0 Å². The minimum absolute atomic E-state index is 0.0325. The molecule has 0 aromatic carbocycles. The highest BCUT2D eigenvalue weighted by Crippen LogP contribution is 2.25. The molecule has 1 fully saturated rings. The van der Waals surface area contributed by atoms with Crippen LogP contribution in [-0.2, 0) is 14.3 Å². The summed E-state index contributed by atoms with van der Waals surface area (Å²) in [6, 6.07) is -0.196. The van der Waals surface area contributed by atoms with Gasteiger partial charge in [0.25, 0.3) is 0 Å². The van der Waals surface area contributed by atoms with Gasteiger partial charge in [0.2, 0.25) is 5.91 Å². The number of hydrogen-bond acceptors (Lipinski definition) is 3. The lowest BCUT2D eigenvalue weighted by molar-refractivity contribution is -0.143. The Hall–Kier alpha value is -1.10. The van der Waals surface area contributed by atoms with Crippen LogP contribution in [0.4, 0.5) is 0 Å². The Morgan fingerprint density at radius 2 is 2.18 bits per heavy atom. The van der Waals surface area contributed by atoms with E-state index in [0.29, 0.717) is 25.8 Å². The molecule has 0 aromatic heterocycles. The molecule has 1 rings (SSSR count). The number of hydrogen-bond donors (Lipinski definition) is 1. The van der Waals surface area contributed by atoms with E-state index >= 15 is 0 Å². The first-order valence-corrected chi connectivity index (χ1v) is 6.02. The average Bonchev–Trinajstić information content (AvgIpc) is 2.67. The first-order valence-electron chi connectivity index (χ1n) is 6.02. The van der Waals surface area contributed by atoms with Crippen LogP contribution in [-0.4, -0.2) is 47.7 Å². The summed E-state index contributed by atoms with van der Waals surface area (Å²) in [6.07, 6.45) is 1.72. The van der Waals surface area contributed by atoms with Gasteiger partial charge in [-0.2, -0.15) is 0 Å². The van der Waals surface area contributed by atoms with Crippen LogP contribution in [0.15, 0.2) is 0 Å². The predicted molar refractivity (Wildman–Crippen MR) is 62.6 cm³/mol. The van der Waals surface area contributed by atoms with E-state index in [2.05, 4.69) is 0 Å². The molecule has 0 aromatic rings. The van der Waals surface area contributed by atoms with Gasteiger partial charge in [-0.25, -0.2) is 0 Å². The van der Waals surface area contributed by atoms with Crippen molar-refractivity contribution in [3.05, 3.63) is 0 Å². The number of ether oxygens (including phenoxy) is 1. The number of amides is 1. The smallest absolute Gasteiger partial charge is 0.308 e. The normalized spacial score (nSPS) is 25.9. The van der Waals surface area contributed by atoms with Crippen molar-refractivity contribution < 1.29 is 19.4 Å². The van der Waals surface area contributed by atoms with Crippen molar-refractivity contribution in [1.29, 1.82) is 0 Å². The standard InChI is InChI=1S/C12H21NO4/c1-8(17-3)4-5-11(14)13-7-6-10(9(13)2)12(15)16/h8-10H,4-7H2,1-3H3,(H,15,16). The molecule has 1 heterocycles. The van der Waals surface area contributed by atoms with Gasteiger partial charge in [-0.1, -0.05) is 0 Å². The van der Waals surface area contributed by atoms with E-state index in [1.165, 1.54) is 0 Å². The quantitative estimate of drug-likeness (QED) is 0.785. The molecule has 0 bridgehead atoms. The number of carbonyl (C=O) groups excluding carboxylic acids is 1. The molecule has 0 spiro atoms. The molecule has 5 heteroatoms. The van der Waals surface area contributed by atoms with Crippen LogP contribution in [0.3, 0.4) is 0 Å². The van der Waals surface area contributed by atoms with Crippen molar-refractivity contribution >= 4 is 11.9 Å². The molecule has 1 saturated heterocycles. The monoisotopic (exact) mass is 243 g/mol. The second kappa shape index (κ2) is 6.00. The van der Waals surface area contributed by atoms with Gasteiger partial charge in [0.15, 0.2) is 0 Å². The van der Waals surface area contributed by atoms with E-state index in [0.717, 1.165) is 0 Å². The number of rotatable bonds is 5. The maximum absolute atomic E-state index is 11.9. The molecule has 1 aliphatic heterocycles. The molecular weight excluding hydrogens is 222 g/mol. The number of nitrogens with zero attached hydrogens (tertiary/aromatic N) is 1. The predicted octanol–water partition coefficient (Wildman–Crippen LogP) is 1.12. The van der Waals surface area contributed by atoms with Crippen molar-refractivity contribution in [2.75, 3.05) is 13.7 Å². The largest absolute Gasteiger partial charge is 0.481 e. The molecule has 1 aliphatic rings. The molecule has 0 radical (unpaired) electrons. The maximum atomic E-state index is 11.9. The van der Waals surface area contributed by atoms with E-state index in [-0.39, 0.29) is 18.1 Å². The fourth-order valence-electron chi connectivity index (χ4n) is 2.21. The van der Waals surface area contributed by atoms with Crippen LogP contribution < -0.4 is 0 Å². The van der Waals surface area contributed by atoms with E-state index < -0.39 is 11.9 Å². The molecule has 1 N–H and O–H groups in total. The summed E-state index contributed by atoms with van der Waals surface area (Å²) in [6.45, 7) is 4.28. The highest BCUT2D eigenvalue weighted by atomic mass is 16.5. The fourth-order valence-corrected chi connectivity index (χ4v) is 2.21. The van der Waals surface area contributed by atoms with Crippen LogP contribution in [0.25, 0.3) is 0 Å². The van der Waals surface area contributed by atoms with Gasteiger partial charge in [0.1, 0.15) is 0 Å². The molecule has 0 aliphatic carbocycles. The zero-order chi connectivity index (χ0) is 13.0. The number of likely N-dealkylation sites (tertiary alicyclic amines) is 1. The Morgan fingerprint density at radius 3 is 2.65 bits per heavy atom. The SMILES string of the molecule is COC(C)CCC(=O)N1CCC(C(=O)O)C1C. The number of carboxylic acid groups (broad SMARTS) is 1. The minimum atomic E-state index is -0.807. The van der Waals surface area contributed by atoms with Gasteiger partial charge >= 0.3 is 5.97 Å². The molecule has 5 nitrogen and oxygen atoms in total. The molecule has 3 atom stereocenters. The second-order valence-electron chi connectivity index (χ2n) is 4.65. The molecule has 17 heavy (non-hydrogen) atoms. The van der Waals surface area contributed by atoms with E-state index in [1.807, 2.05) is 13.8 Å². The molecular formula is C12H21NO4. The van der Waals surface area contributed by atoms with Crippen LogP contribution in [0.1, 0.15) is 33.1 Å². The lowest BCUT2D eigenvalue weighted by Gasteiger charge is -2.23. The van der Waals surface area contributed by atoms with Gasteiger partial charge in [0, 0.05) is 26.1 Å². The Bertz CT molecular complexity index is 292. The maximum Gasteiger partial charge on any atom is 0.308 e. The number of methoxy groups -OCH3 is 1. The second-order valence-corrected chi connectivity index (χ2v) is 4.65. The lowest BCUT2D eigenvalue weighted by Crippen LogP contribution is -2.37. The van der Waals surface area contributed by atoms with E-state index in [9.17, 15) is 9.59 Å². The van der Waals surface area contributed by atoms with Crippen LogP contribution in [0, 0.1) is 5.92 Å². The third-order valence-corrected chi connectivity index (χ3v) is 3.56. The van der Waals surface area contributed by atoms with Gasteiger partial charge in [0.05, 0.1) is 12.0 Å². The topological polar surface area (TPSA) is 66.8 Å². The Morgan fingerprint density at radius 1 is 1.53 bits per heavy atom. The molecule has 0 saturated carbocycles. The van der Waals surface area contributed by atoms with Crippen LogP contribution >= 0.6 is 0 Å². The zero-order valence-corrected chi connectivity index (χ0v) is 10.7. The van der Waals surface area contributed by atoms with Gasteiger partial charge < -0.3 is 14.7 Å². The first kappa shape index (κ1) is 14.0. The summed E-state index contributed by atoms with van der Waals surface area (Å²) in [7, 11) is 1.62. The van der Waals surface area contributed by atoms with Gasteiger partial charge in [-0.15, -0.1) is 0 Å². The summed E-state index contributed by atoms with van der Waals surface area (Å²) in [4.78, 5) is 24.5. The zero-order valence-electron chi connectivity index (χ0n) is 10.7. The summed E-state index contributed by atoms with van der Waals surface area (Å²) in [5, 5.41) is 8.98. The van der Waals surface area contributed by atoms with Crippen molar-refractivity contribution in [1.82, 2.24) is 4.90 Å². The Kier molecular flexibility index (Phi) is 4.93. The van der Waals surface area contributed by atoms with E-state index in [1.54, 1.807) is 12.0 Å². The summed E-state index contributed by atoms with van der Waals surface area (Å²) in [5.41, 5.74) is 0. The molecule has 98 valence electrons. The number of carbonyl (C=O) groups is 2.